The maximum atomic E-state index is 5.85. The number of aryl methyl sites for hydroxylation is 2. The van der Waals surface area contributed by atoms with E-state index < -0.39 is 0 Å². The highest BCUT2D eigenvalue weighted by Crippen LogP contribution is 2.34. The molecule has 0 atom stereocenters. The van der Waals surface area contributed by atoms with Gasteiger partial charge in [-0.2, -0.15) is 9.50 Å². The lowest BCUT2D eigenvalue weighted by atomic mass is 10.1. The van der Waals surface area contributed by atoms with Crippen LogP contribution < -0.4 is 9.47 Å². The predicted molar refractivity (Wildman–Crippen MR) is 118 cm³/mol. The van der Waals surface area contributed by atoms with Gasteiger partial charge in [0.25, 0.3) is 5.78 Å². The summed E-state index contributed by atoms with van der Waals surface area (Å²) in [6, 6.07) is 16.3. The van der Waals surface area contributed by atoms with Gasteiger partial charge in [0.1, 0.15) is 0 Å². The van der Waals surface area contributed by atoms with Gasteiger partial charge in [-0.3, -0.25) is 0 Å². The maximum Gasteiger partial charge on any atom is 0.252 e. The maximum absolute atomic E-state index is 5.85. The summed E-state index contributed by atoms with van der Waals surface area (Å²) in [5.41, 5.74) is 4.33. The number of fused-ring (bicyclic) bond motifs is 3. The van der Waals surface area contributed by atoms with E-state index in [1.165, 1.54) is 10.9 Å². The Morgan fingerprint density at radius 2 is 1.87 bits per heavy atom. The Bertz CT molecular complexity index is 1390. The molecule has 0 spiro atoms. The molecule has 1 N–H and O–H groups in total. The van der Waals surface area contributed by atoms with E-state index in [9.17, 15) is 0 Å². The van der Waals surface area contributed by atoms with Gasteiger partial charge in [0.05, 0.1) is 18.9 Å². The van der Waals surface area contributed by atoms with Gasteiger partial charge in [-0.05, 0) is 42.3 Å². The monoisotopic (exact) mass is 411 g/mol. The van der Waals surface area contributed by atoms with Crippen LogP contribution in [0, 0.1) is 0 Å². The number of rotatable bonds is 4. The van der Waals surface area contributed by atoms with E-state index in [4.69, 9.17) is 14.6 Å². The second-order valence-corrected chi connectivity index (χ2v) is 7.64. The molecular weight excluding hydrogens is 390 g/mol. The van der Waals surface area contributed by atoms with Gasteiger partial charge in [-0.25, -0.2) is 4.98 Å². The first kappa shape index (κ1) is 17.9. The van der Waals surface area contributed by atoms with Crippen LogP contribution in [0.2, 0.25) is 0 Å². The van der Waals surface area contributed by atoms with E-state index in [1.807, 2.05) is 34.8 Å². The lowest BCUT2D eigenvalue weighted by Crippen LogP contribution is -1.98. The normalized spacial score (nSPS) is 13.5. The zero-order valence-electron chi connectivity index (χ0n) is 16.9. The van der Waals surface area contributed by atoms with Gasteiger partial charge in [0.15, 0.2) is 17.3 Å². The number of ether oxygens (including phenoxy) is 2. The number of benzene rings is 2. The molecule has 4 heterocycles. The quantitative estimate of drug-likeness (QED) is 0.479. The fraction of sp³-hybridized carbons (Fsp3) is 0.208. The highest BCUT2D eigenvalue weighted by molar-refractivity contribution is 5.83. The first-order chi connectivity index (χ1) is 15.3. The van der Waals surface area contributed by atoms with Crippen molar-refractivity contribution in [2.45, 2.75) is 19.3 Å². The molecule has 0 saturated heterocycles. The minimum Gasteiger partial charge on any atom is -0.490 e. The standard InChI is InChI=1S/C24H21N5O2/c1-2-5-19-18(4-1)17(15-26-19)7-9-23-27-24-25-11-10-20(29(24)28-23)16-6-8-21-22(14-16)31-13-3-12-30-21/h1-2,4-6,8,10-11,14-15,26H,3,7,9,12-13H2. The van der Waals surface area contributed by atoms with Crippen molar-refractivity contribution in [3.05, 3.63) is 72.3 Å². The van der Waals surface area contributed by atoms with Crippen molar-refractivity contribution in [3.8, 4) is 22.8 Å². The number of hydrogen-bond acceptors (Lipinski definition) is 5. The third-order valence-corrected chi connectivity index (χ3v) is 5.62. The summed E-state index contributed by atoms with van der Waals surface area (Å²) in [5, 5.41) is 6.01. The molecule has 0 amide bonds. The fourth-order valence-corrected chi connectivity index (χ4v) is 4.07. The summed E-state index contributed by atoms with van der Waals surface area (Å²) < 4.78 is 13.4. The number of H-pyrrole nitrogens is 1. The molecule has 5 aromatic rings. The van der Waals surface area contributed by atoms with E-state index >= 15 is 0 Å². The number of para-hydroxylation sites is 1. The van der Waals surface area contributed by atoms with Crippen molar-refractivity contribution in [1.29, 1.82) is 0 Å². The number of hydrogen-bond donors (Lipinski definition) is 1. The van der Waals surface area contributed by atoms with Crippen LogP contribution in [0.3, 0.4) is 0 Å². The van der Waals surface area contributed by atoms with Crippen molar-refractivity contribution < 1.29 is 9.47 Å². The summed E-state index contributed by atoms with van der Waals surface area (Å²) in [5.74, 6) is 2.92. The third kappa shape index (κ3) is 3.28. The van der Waals surface area contributed by atoms with E-state index in [-0.39, 0.29) is 0 Å². The molecule has 0 fully saturated rings. The zero-order valence-corrected chi connectivity index (χ0v) is 16.9. The topological polar surface area (TPSA) is 77.3 Å². The minimum atomic E-state index is 0.596. The van der Waals surface area contributed by atoms with Gasteiger partial charge >= 0.3 is 0 Å². The Labute approximate surface area is 178 Å². The highest BCUT2D eigenvalue weighted by atomic mass is 16.5. The van der Waals surface area contributed by atoms with Gasteiger partial charge in [0.2, 0.25) is 0 Å². The molecule has 3 aromatic heterocycles. The summed E-state index contributed by atoms with van der Waals surface area (Å²) >= 11 is 0. The van der Waals surface area contributed by atoms with Gasteiger partial charge < -0.3 is 14.5 Å². The molecule has 1 aliphatic rings. The van der Waals surface area contributed by atoms with Crippen LogP contribution in [0.5, 0.6) is 11.5 Å². The minimum absolute atomic E-state index is 0.596. The first-order valence-electron chi connectivity index (χ1n) is 10.5. The smallest absolute Gasteiger partial charge is 0.252 e. The summed E-state index contributed by atoms with van der Waals surface area (Å²) in [6.45, 7) is 1.33. The Morgan fingerprint density at radius 3 is 2.84 bits per heavy atom. The Morgan fingerprint density at radius 1 is 0.968 bits per heavy atom. The summed E-state index contributed by atoms with van der Waals surface area (Å²) in [7, 11) is 0. The van der Waals surface area contributed by atoms with Gasteiger partial charge in [-0.15, -0.1) is 5.10 Å². The Kier molecular flexibility index (Phi) is 4.30. The SMILES string of the molecule is c1ccc2c(CCc3nc4nccc(-c5ccc6c(c5)OCCCO6)n4n3)c[nH]c2c1. The molecule has 6 rings (SSSR count). The van der Waals surface area contributed by atoms with E-state index in [1.54, 1.807) is 6.20 Å². The van der Waals surface area contributed by atoms with Gasteiger partial charge in [-0.1, -0.05) is 18.2 Å². The lowest BCUT2D eigenvalue weighted by Gasteiger charge is -2.10. The molecule has 0 radical (unpaired) electrons. The molecule has 154 valence electrons. The van der Waals surface area contributed by atoms with Gasteiger partial charge in [0, 0.05) is 41.7 Å². The van der Waals surface area contributed by atoms with Crippen molar-refractivity contribution in [2.75, 3.05) is 13.2 Å². The van der Waals surface area contributed by atoms with Crippen LogP contribution in [0.15, 0.2) is 60.9 Å². The van der Waals surface area contributed by atoms with Crippen LogP contribution in [0.25, 0.3) is 27.9 Å². The molecule has 0 saturated carbocycles. The third-order valence-electron chi connectivity index (χ3n) is 5.62. The molecule has 1 aliphatic heterocycles. The second-order valence-electron chi connectivity index (χ2n) is 7.64. The molecule has 7 heteroatoms. The first-order valence-corrected chi connectivity index (χ1v) is 10.5. The van der Waals surface area contributed by atoms with E-state index in [0.717, 1.165) is 53.4 Å². The Hall–Kier alpha value is -3.87. The van der Waals surface area contributed by atoms with E-state index in [2.05, 4.69) is 39.3 Å². The zero-order chi connectivity index (χ0) is 20.6. The van der Waals surface area contributed by atoms with Crippen LogP contribution >= 0.6 is 0 Å². The molecule has 31 heavy (non-hydrogen) atoms. The van der Waals surface area contributed by atoms with Crippen LogP contribution in [0.1, 0.15) is 17.8 Å². The lowest BCUT2D eigenvalue weighted by molar-refractivity contribution is 0.297. The summed E-state index contributed by atoms with van der Waals surface area (Å²) in [4.78, 5) is 12.4. The molecule has 0 aliphatic carbocycles. The number of aromatic nitrogens is 5. The second kappa shape index (κ2) is 7.43. The molecule has 0 unspecified atom stereocenters. The van der Waals surface area contributed by atoms with Crippen LogP contribution in [0.4, 0.5) is 0 Å². The largest absolute Gasteiger partial charge is 0.490 e. The predicted octanol–water partition coefficient (Wildman–Crippen LogP) is 4.22. The van der Waals surface area contributed by atoms with Crippen molar-refractivity contribution in [1.82, 2.24) is 24.6 Å². The molecule has 2 aromatic carbocycles. The van der Waals surface area contributed by atoms with Crippen LogP contribution in [-0.2, 0) is 12.8 Å². The molecular formula is C24H21N5O2. The van der Waals surface area contributed by atoms with Crippen LogP contribution in [-0.4, -0.2) is 37.8 Å². The molecule has 0 bridgehead atoms. The summed E-state index contributed by atoms with van der Waals surface area (Å²) in [6.07, 6.45) is 6.33. The number of aromatic amines is 1. The fourth-order valence-electron chi connectivity index (χ4n) is 4.07. The van der Waals surface area contributed by atoms with Crippen molar-refractivity contribution >= 4 is 16.7 Å². The van der Waals surface area contributed by atoms with Crippen molar-refractivity contribution in [3.63, 3.8) is 0 Å². The average molecular weight is 411 g/mol. The highest BCUT2D eigenvalue weighted by Gasteiger charge is 2.15. The number of nitrogens with one attached hydrogen (secondary N) is 1. The van der Waals surface area contributed by atoms with Crippen molar-refractivity contribution in [2.24, 2.45) is 0 Å². The average Bonchev–Trinajstić information content (AvgIpc) is 3.34. The number of nitrogens with zero attached hydrogens (tertiary/aromatic N) is 4. The van der Waals surface area contributed by atoms with E-state index in [0.29, 0.717) is 19.0 Å². The Balaban J connectivity index is 1.31. The molecule has 7 nitrogen and oxygen atoms in total.